The molecule has 1 atom stereocenters. The second kappa shape index (κ2) is 6.10. The summed E-state index contributed by atoms with van der Waals surface area (Å²) in [5, 5.41) is 2.80. The number of rotatable bonds is 2. The van der Waals surface area contributed by atoms with Crippen molar-refractivity contribution in [1.82, 2.24) is 5.32 Å². The summed E-state index contributed by atoms with van der Waals surface area (Å²) < 4.78 is 13.7. The Morgan fingerprint density at radius 2 is 2.20 bits per heavy atom. The van der Waals surface area contributed by atoms with Crippen molar-refractivity contribution in [2.75, 3.05) is 11.4 Å². The molecule has 108 valence electrons. The number of anilines is 1. The van der Waals surface area contributed by atoms with Gasteiger partial charge in [0.2, 0.25) is 11.8 Å². The topological polar surface area (TPSA) is 49.4 Å². The molecule has 0 aromatic heterocycles. The van der Waals surface area contributed by atoms with E-state index in [1.807, 2.05) is 6.92 Å². The van der Waals surface area contributed by atoms with Crippen molar-refractivity contribution in [3.05, 3.63) is 27.4 Å². The van der Waals surface area contributed by atoms with Gasteiger partial charge in [0, 0.05) is 17.4 Å². The van der Waals surface area contributed by atoms with E-state index in [0.29, 0.717) is 16.6 Å². The third-order valence-corrected chi connectivity index (χ3v) is 4.01. The normalized spacial score (nSPS) is 19.8. The number of benzene rings is 1. The van der Waals surface area contributed by atoms with Crippen molar-refractivity contribution >= 4 is 45.0 Å². The fourth-order valence-electron chi connectivity index (χ4n) is 2.13. The van der Waals surface area contributed by atoms with Crippen molar-refractivity contribution in [3.63, 3.8) is 0 Å². The molecule has 4 nitrogen and oxygen atoms in total. The lowest BCUT2D eigenvalue weighted by Crippen LogP contribution is -2.44. The Morgan fingerprint density at radius 3 is 2.80 bits per heavy atom. The van der Waals surface area contributed by atoms with Crippen LogP contribution >= 0.6 is 27.5 Å². The van der Waals surface area contributed by atoms with Gasteiger partial charge in [-0.1, -0.05) is 18.5 Å². The third-order valence-electron chi connectivity index (χ3n) is 3.12. The molecule has 0 radical (unpaired) electrons. The van der Waals surface area contributed by atoms with Crippen LogP contribution in [-0.2, 0) is 9.59 Å². The van der Waals surface area contributed by atoms with E-state index in [4.69, 9.17) is 11.6 Å². The van der Waals surface area contributed by atoms with Gasteiger partial charge in [0.25, 0.3) is 0 Å². The summed E-state index contributed by atoms with van der Waals surface area (Å²) >= 11 is 9.26. The molecule has 0 bridgehead atoms. The lowest BCUT2D eigenvalue weighted by Gasteiger charge is -2.25. The SMILES string of the molecule is CCC1NC(=O)CCN(c2c(Cl)cc(F)cc2Br)C1=O. The molecule has 1 fully saturated rings. The minimum absolute atomic E-state index is 0.134. The molecule has 7 heteroatoms. The van der Waals surface area contributed by atoms with E-state index >= 15 is 0 Å². The number of hydrogen-bond acceptors (Lipinski definition) is 2. The van der Waals surface area contributed by atoms with Crippen LogP contribution in [0.2, 0.25) is 5.02 Å². The molecule has 1 aliphatic heterocycles. The third kappa shape index (κ3) is 2.96. The summed E-state index contributed by atoms with van der Waals surface area (Å²) in [5.41, 5.74) is 0.396. The first-order valence-corrected chi connectivity index (χ1v) is 7.36. The number of hydrogen-bond donors (Lipinski definition) is 1. The molecular formula is C13H13BrClFN2O2. The van der Waals surface area contributed by atoms with Crippen LogP contribution in [0.4, 0.5) is 10.1 Å². The number of carbonyl (C=O) groups excluding carboxylic acids is 2. The van der Waals surface area contributed by atoms with E-state index in [9.17, 15) is 14.0 Å². The zero-order valence-corrected chi connectivity index (χ0v) is 13.1. The Hall–Kier alpha value is -1.14. The molecule has 0 aliphatic carbocycles. The van der Waals surface area contributed by atoms with Gasteiger partial charge in [-0.25, -0.2) is 4.39 Å². The summed E-state index contributed by atoms with van der Waals surface area (Å²) in [4.78, 5) is 25.5. The summed E-state index contributed by atoms with van der Waals surface area (Å²) in [5.74, 6) is -0.913. The van der Waals surface area contributed by atoms with Crippen molar-refractivity contribution < 1.29 is 14.0 Å². The number of halogens is 3. The Balaban J connectivity index is 2.45. The van der Waals surface area contributed by atoms with Gasteiger partial charge in [-0.05, 0) is 34.5 Å². The van der Waals surface area contributed by atoms with Crippen LogP contribution in [0.5, 0.6) is 0 Å². The van der Waals surface area contributed by atoms with Crippen molar-refractivity contribution in [1.29, 1.82) is 0 Å². The van der Waals surface area contributed by atoms with Gasteiger partial charge in [0.1, 0.15) is 11.9 Å². The fraction of sp³-hybridized carbons (Fsp3) is 0.385. The molecule has 1 aliphatic rings. The smallest absolute Gasteiger partial charge is 0.249 e. The average Bonchev–Trinajstić information content (AvgIpc) is 2.50. The van der Waals surface area contributed by atoms with E-state index in [0.717, 1.165) is 6.07 Å². The first kappa shape index (κ1) is 15.3. The molecule has 0 spiro atoms. The average molecular weight is 364 g/mol. The molecule has 0 saturated carbocycles. The van der Waals surface area contributed by atoms with E-state index in [1.54, 1.807) is 0 Å². The van der Waals surface area contributed by atoms with Crippen LogP contribution in [0.3, 0.4) is 0 Å². The van der Waals surface area contributed by atoms with Gasteiger partial charge in [-0.2, -0.15) is 0 Å². The Morgan fingerprint density at radius 1 is 1.50 bits per heavy atom. The van der Waals surface area contributed by atoms with Crippen molar-refractivity contribution in [2.45, 2.75) is 25.8 Å². The fourth-order valence-corrected chi connectivity index (χ4v) is 3.20. The van der Waals surface area contributed by atoms with E-state index in [1.165, 1.54) is 11.0 Å². The van der Waals surface area contributed by atoms with Crippen LogP contribution in [0.15, 0.2) is 16.6 Å². The zero-order chi connectivity index (χ0) is 14.9. The first-order chi connectivity index (χ1) is 9.43. The molecule has 1 unspecified atom stereocenters. The standard InChI is InChI=1S/C13H13BrClFN2O2/c1-2-10-13(20)18(4-3-11(19)17-10)12-8(14)5-7(16)6-9(12)15/h5-6,10H,2-4H2,1H3,(H,17,19). The molecule has 1 aromatic rings. The minimum Gasteiger partial charge on any atom is -0.344 e. The molecule has 1 saturated heterocycles. The molecule has 20 heavy (non-hydrogen) atoms. The monoisotopic (exact) mass is 362 g/mol. The van der Waals surface area contributed by atoms with Crippen LogP contribution in [0.1, 0.15) is 19.8 Å². The molecule has 1 heterocycles. The lowest BCUT2D eigenvalue weighted by molar-refractivity contribution is -0.125. The highest BCUT2D eigenvalue weighted by Crippen LogP contribution is 2.36. The molecular weight excluding hydrogens is 351 g/mol. The van der Waals surface area contributed by atoms with Crippen LogP contribution in [-0.4, -0.2) is 24.4 Å². The second-order valence-corrected chi connectivity index (χ2v) is 5.75. The Bertz CT molecular complexity index is 544. The Labute approximate surface area is 129 Å². The highest BCUT2D eigenvalue weighted by molar-refractivity contribution is 9.10. The number of nitrogens with zero attached hydrogens (tertiary/aromatic N) is 1. The van der Waals surface area contributed by atoms with Gasteiger partial charge < -0.3 is 10.2 Å². The van der Waals surface area contributed by atoms with Gasteiger partial charge in [0.05, 0.1) is 10.7 Å². The maximum atomic E-state index is 13.3. The maximum Gasteiger partial charge on any atom is 0.249 e. The Kier molecular flexibility index (Phi) is 4.65. The summed E-state index contributed by atoms with van der Waals surface area (Å²) in [6.07, 6.45) is 0.667. The van der Waals surface area contributed by atoms with Gasteiger partial charge in [-0.15, -0.1) is 0 Å². The van der Waals surface area contributed by atoms with Crippen LogP contribution in [0.25, 0.3) is 0 Å². The van der Waals surface area contributed by atoms with E-state index in [2.05, 4.69) is 21.2 Å². The number of amides is 2. The lowest BCUT2D eigenvalue weighted by atomic mass is 10.2. The molecule has 1 aromatic carbocycles. The summed E-state index contributed by atoms with van der Waals surface area (Å²) in [6.45, 7) is 2.03. The van der Waals surface area contributed by atoms with Crippen molar-refractivity contribution in [2.24, 2.45) is 0 Å². The van der Waals surface area contributed by atoms with E-state index in [-0.39, 0.29) is 29.8 Å². The second-order valence-electron chi connectivity index (χ2n) is 4.49. The first-order valence-electron chi connectivity index (χ1n) is 6.19. The quantitative estimate of drug-likeness (QED) is 0.878. The summed E-state index contributed by atoms with van der Waals surface area (Å²) in [6, 6.07) is 1.81. The summed E-state index contributed by atoms with van der Waals surface area (Å²) in [7, 11) is 0. The van der Waals surface area contributed by atoms with Crippen LogP contribution in [0, 0.1) is 5.82 Å². The van der Waals surface area contributed by atoms with E-state index < -0.39 is 11.9 Å². The zero-order valence-electron chi connectivity index (χ0n) is 10.8. The van der Waals surface area contributed by atoms with Gasteiger partial charge in [0.15, 0.2) is 0 Å². The number of nitrogens with one attached hydrogen (secondary N) is 1. The molecule has 2 rings (SSSR count). The highest BCUT2D eigenvalue weighted by atomic mass is 79.9. The predicted molar refractivity (Wildman–Crippen MR) is 78.3 cm³/mol. The molecule has 2 amide bonds. The van der Waals surface area contributed by atoms with Crippen LogP contribution < -0.4 is 10.2 Å². The predicted octanol–water partition coefficient (Wildman–Crippen LogP) is 2.87. The highest BCUT2D eigenvalue weighted by Gasteiger charge is 2.31. The number of carbonyl (C=O) groups is 2. The molecule has 1 N–H and O–H groups in total. The minimum atomic E-state index is -0.585. The maximum absolute atomic E-state index is 13.3. The van der Waals surface area contributed by atoms with Gasteiger partial charge >= 0.3 is 0 Å². The van der Waals surface area contributed by atoms with Gasteiger partial charge in [-0.3, -0.25) is 9.59 Å². The van der Waals surface area contributed by atoms with Crippen molar-refractivity contribution in [3.8, 4) is 0 Å². The largest absolute Gasteiger partial charge is 0.344 e.